The van der Waals surface area contributed by atoms with Crippen LogP contribution in [0.4, 0.5) is 5.69 Å². The van der Waals surface area contributed by atoms with Gasteiger partial charge in [-0.05, 0) is 56.7 Å². The standard InChI is InChI=1S/C26H22ClN7O4/c1-12-9-16(13(2)29-18-7-8-20(27)31-22(18)26(36)37)21-17(10-12)25(35)34(4)23(32-21)15-5-6-19(28-11-15)24-30-14(3)33-38-24/h5-11,13,29H,1-4H3,(H,36,37)/t13-/m1/s1. The number of aryl methyl sites for hydroxylation is 2. The third kappa shape index (κ3) is 4.59. The molecule has 0 fully saturated rings. The zero-order chi connectivity index (χ0) is 27.1. The monoisotopic (exact) mass is 531 g/mol. The summed E-state index contributed by atoms with van der Waals surface area (Å²) in [5, 5.41) is 17.1. The van der Waals surface area contributed by atoms with E-state index in [1.807, 2.05) is 19.9 Å². The fourth-order valence-electron chi connectivity index (χ4n) is 4.22. The minimum absolute atomic E-state index is 0.0743. The fraction of sp³-hybridized carbons (Fsp3) is 0.192. The van der Waals surface area contributed by atoms with Crippen LogP contribution in [-0.4, -0.2) is 40.7 Å². The van der Waals surface area contributed by atoms with Gasteiger partial charge in [0, 0.05) is 24.4 Å². The van der Waals surface area contributed by atoms with Crippen LogP contribution in [0.2, 0.25) is 5.15 Å². The fourth-order valence-corrected chi connectivity index (χ4v) is 4.37. The van der Waals surface area contributed by atoms with Crippen LogP contribution in [0.1, 0.15) is 40.4 Å². The average molecular weight is 532 g/mol. The highest BCUT2D eigenvalue weighted by atomic mass is 35.5. The van der Waals surface area contributed by atoms with Gasteiger partial charge in [-0.1, -0.05) is 22.8 Å². The molecule has 0 radical (unpaired) electrons. The summed E-state index contributed by atoms with van der Waals surface area (Å²) in [5.41, 5.74) is 3.06. The molecule has 11 nitrogen and oxygen atoms in total. The Morgan fingerprint density at radius 2 is 1.92 bits per heavy atom. The molecule has 5 aromatic rings. The maximum Gasteiger partial charge on any atom is 0.356 e. The number of carboxylic acid groups (broad SMARTS) is 1. The van der Waals surface area contributed by atoms with Crippen molar-refractivity contribution >= 4 is 34.2 Å². The number of aromatic nitrogens is 6. The van der Waals surface area contributed by atoms with Crippen molar-refractivity contribution < 1.29 is 14.4 Å². The molecule has 4 aromatic heterocycles. The number of halogens is 1. The number of hydrogen-bond acceptors (Lipinski definition) is 9. The Morgan fingerprint density at radius 1 is 1.13 bits per heavy atom. The minimum atomic E-state index is -1.21. The van der Waals surface area contributed by atoms with Gasteiger partial charge >= 0.3 is 5.97 Å². The maximum atomic E-state index is 13.4. The number of fused-ring (bicyclic) bond motifs is 1. The van der Waals surface area contributed by atoms with Crippen LogP contribution < -0.4 is 10.9 Å². The molecule has 0 unspecified atom stereocenters. The molecule has 0 amide bonds. The van der Waals surface area contributed by atoms with Gasteiger partial charge in [-0.2, -0.15) is 4.98 Å². The molecular weight excluding hydrogens is 510 g/mol. The van der Waals surface area contributed by atoms with E-state index in [1.165, 1.54) is 10.6 Å². The molecule has 1 atom stereocenters. The highest BCUT2D eigenvalue weighted by Crippen LogP contribution is 2.29. The number of nitrogens with one attached hydrogen (secondary N) is 1. The van der Waals surface area contributed by atoms with Crippen molar-refractivity contribution in [3.8, 4) is 23.0 Å². The van der Waals surface area contributed by atoms with Gasteiger partial charge in [0.1, 0.15) is 16.7 Å². The molecule has 0 aliphatic heterocycles. The SMILES string of the molecule is Cc1cc([C@@H](C)Nc2ccc(Cl)nc2C(=O)O)c2nc(-c3ccc(-c4nc(C)no4)nc3)n(C)c(=O)c2c1. The summed E-state index contributed by atoms with van der Waals surface area (Å²) >= 11 is 5.90. The molecule has 4 heterocycles. The number of benzene rings is 1. The number of aromatic carboxylic acids is 1. The molecule has 2 N–H and O–H groups in total. The Balaban J connectivity index is 1.60. The summed E-state index contributed by atoms with van der Waals surface area (Å²) < 4.78 is 6.65. The Kier molecular flexibility index (Phi) is 6.37. The third-order valence-electron chi connectivity index (χ3n) is 6.02. The number of pyridine rings is 2. The molecule has 0 aliphatic rings. The normalized spacial score (nSPS) is 12.0. The number of rotatable bonds is 6. The lowest BCUT2D eigenvalue weighted by Crippen LogP contribution is -2.22. The Bertz CT molecular complexity index is 1760. The summed E-state index contributed by atoms with van der Waals surface area (Å²) in [6.45, 7) is 5.46. The quantitative estimate of drug-likeness (QED) is 0.298. The first kappa shape index (κ1) is 25.0. The van der Waals surface area contributed by atoms with E-state index in [2.05, 4.69) is 25.4 Å². The van der Waals surface area contributed by atoms with E-state index in [4.69, 9.17) is 21.1 Å². The second-order valence-corrected chi connectivity index (χ2v) is 9.22. The summed E-state index contributed by atoms with van der Waals surface area (Å²) in [5.74, 6) is 0.00142. The number of carbonyl (C=O) groups is 1. The zero-order valence-corrected chi connectivity index (χ0v) is 21.6. The van der Waals surface area contributed by atoms with Gasteiger partial charge in [0.05, 0.1) is 22.6 Å². The lowest BCUT2D eigenvalue weighted by atomic mass is 10.0. The topological polar surface area (TPSA) is 149 Å². The first-order valence-corrected chi connectivity index (χ1v) is 11.9. The largest absolute Gasteiger partial charge is 0.476 e. The number of nitrogens with zero attached hydrogens (tertiary/aromatic N) is 6. The first-order valence-electron chi connectivity index (χ1n) is 11.6. The predicted molar refractivity (Wildman–Crippen MR) is 141 cm³/mol. The van der Waals surface area contributed by atoms with Crippen LogP contribution in [0, 0.1) is 13.8 Å². The highest BCUT2D eigenvalue weighted by Gasteiger charge is 2.20. The van der Waals surface area contributed by atoms with Gasteiger partial charge in [-0.3, -0.25) is 14.3 Å². The van der Waals surface area contributed by atoms with Gasteiger partial charge < -0.3 is 14.9 Å². The third-order valence-corrected chi connectivity index (χ3v) is 6.24. The number of anilines is 1. The van der Waals surface area contributed by atoms with Crippen molar-refractivity contribution in [2.75, 3.05) is 5.32 Å². The molecule has 1 aromatic carbocycles. The van der Waals surface area contributed by atoms with E-state index in [1.54, 1.807) is 44.4 Å². The van der Waals surface area contributed by atoms with Crippen LogP contribution in [0.15, 0.2) is 51.9 Å². The van der Waals surface area contributed by atoms with Crippen LogP contribution in [0.25, 0.3) is 33.9 Å². The lowest BCUT2D eigenvalue weighted by Gasteiger charge is -2.20. The smallest absolute Gasteiger partial charge is 0.356 e. The van der Waals surface area contributed by atoms with Gasteiger partial charge in [0.25, 0.3) is 11.4 Å². The van der Waals surface area contributed by atoms with Gasteiger partial charge in [0.2, 0.25) is 0 Å². The zero-order valence-electron chi connectivity index (χ0n) is 20.9. The summed E-state index contributed by atoms with van der Waals surface area (Å²) in [6, 6.07) is 9.85. The van der Waals surface area contributed by atoms with E-state index in [-0.39, 0.29) is 16.4 Å². The summed E-state index contributed by atoms with van der Waals surface area (Å²) in [7, 11) is 1.65. The van der Waals surface area contributed by atoms with Crippen LogP contribution in [-0.2, 0) is 7.05 Å². The van der Waals surface area contributed by atoms with Crippen molar-refractivity contribution in [1.29, 1.82) is 0 Å². The van der Waals surface area contributed by atoms with E-state index in [0.29, 0.717) is 45.4 Å². The maximum absolute atomic E-state index is 13.4. The molecule has 5 rings (SSSR count). The summed E-state index contributed by atoms with van der Waals surface area (Å²) in [6.07, 6.45) is 1.59. The molecule has 38 heavy (non-hydrogen) atoms. The van der Waals surface area contributed by atoms with Crippen LogP contribution in [0.3, 0.4) is 0 Å². The van der Waals surface area contributed by atoms with Crippen molar-refractivity contribution in [3.05, 3.63) is 80.7 Å². The van der Waals surface area contributed by atoms with Crippen molar-refractivity contribution in [1.82, 2.24) is 29.7 Å². The van der Waals surface area contributed by atoms with E-state index in [0.717, 1.165) is 11.1 Å². The average Bonchev–Trinajstić information content (AvgIpc) is 3.33. The van der Waals surface area contributed by atoms with Crippen LogP contribution >= 0.6 is 11.6 Å². The Labute approximate surface area is 221 Å². The number of carboxylic acids is 1. The number of hydrogen-bond donors (Lipinski definition) is 2. The van der Waals surface area contributed by atoms with Crippen molar-refractivity contribution in [2.45, 2.75) is 26.8 Å². The van der Waals surface area contributed by atoms with Gasteiger partial charge in [-0.25, -0.2) is 14.8 Å². The highest BCUT2D eigenvalue weighted by molar-refractivity contribution is 6.29. The second-order valence-electron chi connectivity index (χ2n) is 8.83. The molecule has 12 heteroatoms. The summed E-state index contributed by atoms with van der Waals surface area (Å²) in [4.78, 5) is 42.5. The van der Waals surface area contributed by atoms with E-state index < -0.39 is 12.0 Å². The lowest BCUT2D eigenvalue weighted by molar-refractivity contribution is 0.0691. The Morgan fingerprint density at radius 3 is 2.58 bits per heavy atom. The van der Waals surface area contributed by atoms with Crippen molar-refractivity contribution in [3.63, 3.8) is 0 Å². The van der Waals surface area contributed by atoms with E-state index in [9.17, 15) is 14.7 Å². The molecule has 0 aliphatic carbocycles. The second kappa shape index (κ2) is 9.67. The van der Waals surface area contributed by atoms with Crippen LogP contribution in [0.5, 0.6) is 0 Å². The molecule has 0 saturated carbocycles. The van der Waals surface area contributed by atoms with E-state index >= 15 is 0 Å². The molecular formula is C26H22ClN7O4. The molecule has 192 valence electrons. The predicted octanol–water partition coefficient (Wildman–Crippen LogP) is 4.58. The molecule has 0 spiro atoms. The molecule has 0 bridgehead atoms. The minimum Gasteiger partial charge on any atom is -0.476 e. The van der Waals surface area contributed by atoms with Gasteiger partial charge in [-0.15, -0.1) is 0 Å². The molecule has 0 saturated heterocycles. The Hall–Kier alpha value is -4.64. The first-order chi connectivity index (χ1) is 18.1. The van der Waals surface area contributed by atoms with Crippen molar-refractivity contribution in [2.24, 2.45) is 7.05 Å². The van der Waals surface area contributed by atoms with Gasteiger partial charge in [0.15, 0.2) is 11.5 Å².